The largest absolute Gasteiger partial charge is 0.494 e. The van der Waals surface area contributed by atoms with E-state index in [1.807, 2.05) is 24.3 Å². The smallest absolute Gasteiger partial charge is 0.343 e. The molecule has 0 saturated carbocycles. The van der Waals surface area contributed by atoms with E-state index in [4.69, 9.17) is 14.2 Å². The monoisotopic (exact) mass is 442 g/mol. The van der Waals surface area contributed by atoms with Crippen molar-refractivity contribution in [2.75, 3.05) is 13.2 Å². The number of esters is 1. The molecule has 0 atom stereocenters. The van der Waals surface area contributed by atoms with Crippen LogP contribution >= 0.6 is 0 Å². The molecule has 0 aliphatic carbocycles. The van der Waals surface area contributed by atoms with Crippen molar-refractivity contribution in [2.45, 2.75) is 71.1 Å². The van der Waals surface area contributed by atoms with E-state index in [1.54, 1.807) is 24.3 Å². The quantitative estimate of drug-likeness (QED) is 0.133. The zero-order valence-corrected chi connectivity index (χ0v) is 20.6. The predicted molar refractivity (Wildman–Crippen MR) is 130 cm³/mol. The van der Waals surface area contributed by atoms with E-state index in [1.165, 1.54) is 25.3 Å². The molecule has 0 aliphatic rings. The molecule has 0 radical (unpaired) electrons. The molecule has 0 amide bonds. The van der Waals surface area contributed by atoms with Crippen molar-refractivity contribution < 1.29 is 19.0 Å². The molecule has 2 aromatic rings. The van der Waals surface area contributed by atoms with Gasteiger partial charge in [-0.05, 0) is 61.4 Å². The molecule has 31 heavy (non-hydrogen) atoms. The fourth-order valence-electron chi connectivity index (χ4n) is 3.09. The maximum absolute atomic E-state index is 12.4. The summed E-state index contributed by atoms with van der Waals surface area (Å²) in [6, 6.07) is 15.7. The number of benzene rings is 2. The molecule has 0 aliphatic heterocycles. The Morgan fingerprint density at radius 2 is 1.23 bits per heavy atom. The average Bonchev–Trinajstić information content (AvgIpc) is 2.74. The van der Waals surface area contributed by atoms with Crippen LogP contribution in [0.5, 0.6) is 17.2 Å². The standard InChI is InChI=1S/C26H38O4Si/c1-5-6-19-28-24-15-17-25(18-16-24)30-26(27)22-11-13-23(14-12-22)29-20-9-7-8-10-21-31(2,3)4/h11-18H,5-10,19-21H2,1-4H3. The number of ether oxygens (including phenoxy) is 3. The van der Waals surface area contributed by atoms with Crippen molar-refractivity contribution in [3.05, 3.63) is 54.1 Å². The van der Waals surface area contributed by atoms with Crippen LogP contribution in [0.1, 0.15) is 55.8 Å². The Morgan fingerprint density at radius 3 is 1.81 bits per heavy atom. The Morgan fingerprint density at radius 1 is 0.710 bits per heavy atom. The summed E-state index contributed by atoms with van der Waals surface area (Å²) in [7, 11) is -0.902. The predicted octanol–water partition coefficient (Wildman–Crippen LogP) is 7.36. The molecular weight excluding hydrogens is 404 g/mol. The minimum atomic E-state index is -0.902. The van der Waals surface area contributed by atoms with E-state index in [0.717, 1.165) is 30.8 Å². The highest BCUT2D eigenvalue weighted by molar-refractivity contribution is 6.76. The Labute approximate surface area is 188 Å². The molecule has 5 heteroatoms. The fraction of sp³-hybridized carbons (Fsp3) is 0.500. The molecule has 0 bridgehead atoms. The van der Waals surface area contributed by atoms with Crippen LogP contribution < -0.4 is 14.2 Å². The van der Waals surface area contributed by atoms with E-state index in [9.17, 15) is 4.79 Å². The molecule has 0 fully saturated rings. The van der Waals surface area contributed by atoms with Gasteiger partial charge in [0.2, 0.25) is 0 Å². The molecule has 0 unspecified atom stereocenters. The maximum atomic E-state index is 12.4. The summed E-state index contributed by atoms with van der Waals surface area (Å²) < 4.78 is 16.9. The van der Waals surface area contributed by atoms with Gasteiger partial charge < -0.3 is 14.2 Å². The summed E-state index contributed by atoms with van der Waals surface area (Å²) in [6.45, 7) is 10.8. The molecular formula is C26H38O4Si. The molecule has 0 heterocycles. The van der Waals surface area contributed by atoms with Crippen LogP contribution in [-0.4, -0.2) is 27.3 Å². The summed E-state index contributed by atoms with van der Waals surface area (Å²) in [5.74, 6) is 1.69. The Bertz CT molecular complexity index is 763. The van der Waals surface area contributed by atoms with Crippen molar-refractivity contribution >= 4 is 14.0 Å². The van der Waals surface area contributed by atoms with Gasteiger partial charge in [0.1, 0.15) is 17.2 Å². The zero-order valence-electron chi connectivity index (χ0n) is 19.6. The van der Waals surface area contributed by atoms with E-state index < -0.39 is 8.07 Å². The van der Waals surface area contributed by atoms with Crippen LogP contribution in [0, 0.1) is 0 Å². The van der Waals surface area contributed by atoms with Crippen LogP contribution in [0.2, 0.25) is 25.7 Å². The lowest BCUT2D eigenvalue weighted by Crippen LogP contribution is -2.18. The van der Waals surface area contributed by atoms with Crippen molar-refractivity contribution in [3.8, 4) is 17.2 Å². The van der Waals surface area contributed by atoms with Gasteiger partial charge in [-0.2, -0.15) is 0 Å². The number of unbranched alkanes of at least 4 members (excludes halogenated alkanes) is 4. The van der Waals surface area contributed by atoms with Gasteiger partial charge in [0, 0.05) is 8.07 Å². The summed E-state index contributed by atoms with van der Waals surface area (Å²) in [5.41, 5.74) is 0.502. The highest BCUT2D eigenvalue weighted by atomic mass is 28.3. The van der Waals surface area contributed by atoms with Gasteiger partial charge in [-0.1, -0.05) is 58.3 Å². The molecule has 0 aromatic heterocycles. The third-order valence-electron chi connectivity index (χ3n) is 4.98. The van der Waals surface area contributed by atoms with Crippen LogP contribution in [-0.2, 0) is 0 Å². The Hall–Kier alpha value is -2.27. The molecule has 170 valence electrons. The fourth-order valence-corrected chi connectivity index (χ4v) is 4.40. The molecule has 2 rings (SSSR count). The summed E-state index contributed by atoms with van der Waals surface area (Å²) >= 11 is 0. The van der Waals surface area contributed by atoms with Gasteiger partial charge >= 0.3 is 5.97 Å². The van der Waals surface area contributed by atoms with Gasteiger partial charge in [0.15, 0.2) is 0 Å². The van der Waals surface area contributed by atoms with E-state index >= 15 is 0 Å². The second kappa shape index (κ2) is 13.2. The first-order valence-electron chi connectivity index (χ1n) is 11.6. The maximum Gasteiger partial charge on any atom is 0.343 e. The van der Waals surface area contributed by atoms with E-state index in [0.29, 0.717) is 24.5 Å². The van der Waals surface area contributed by atoms with E-state index in [2.05, 4.69) is 26.6 Å². The summed E-state index contributed by atoms with van der Waals surface area (Å²) in [5, 5.41) is 0. The minimum Gasteiger partial charge on any atom is -0.494 e. The summed E-state index contributed by atoms with van der Waals surface area (Å²) in [4.78, 5) is 12.4. The second-order valence-corrected chi connectivity index (χ2v) is 14.8. The van der Waals surface area contributed by atoms with Crippen molar-refractivity contribution in [1.29, 1.82) is 0 Å². The van der Waals surface area contributed by atoms with Crippen molar-refractivity contribution in [3.63, 3.8) is 0 Å². The summed E-state index contributed by atoms with van der Waals surface area (Å²) in [6.07, 6.45) is 7.00. The van der Waals surface area contributed by atoms with Gasteiger partial charge in [0.25, 0.3) is 0 Å². The molecule has 4 nitrogen and oxygen atoms in total. The molecule has 0 N–H and O–H groups in total. The first kappa shape index (κ1) is 25.0. The van der Waals surface area contributed by atoms with Crippen LogP contribution in [0.4, 0.5) is 0 Å². The topological polar surface area (TPSA) is 44.8 Å². The number of carbonyl (C=O) groups excluding carboxylic acids is 1. The van der Waals surface area contributed by atoms with Crippen LogP contribution in [0.3, 0.4) is 0 Å². The number of hydrogen-bond donors (Lipinski definition) is 0. The lowest BCUT2D eigenvalue weighted by molar-refractivity contribution is 0.0734. The van der Waals surface area contributed by atoms with Crippen molar-refractivity contribution in [2.24, 2.45) is 0 Å². The second-order valence-electron chi connectivity index (χ2n) is 9.16. The van der Waals surface area contributed by atoms with Gasteiger partial charge in [-0.3, -0.25) is 0 Å². The van der Waals surface area contributed by atoms with E-state index in [-0.39, 0.29) is 5.97 Å². The zero-order chi connectivity index (χ0) is 22.5. The average molecular weight is 443 g/mol. The highest BCUT2D eigenvalue weighted by Gasteiger charge is 2.11. The Balaban J connectivity index is 1.69. The highest BCUT2D eigenvalue weighted by Crippen LogP contribution is 2.20. The molecule has 0 saturated heterocycles. The van der Waals surface area contributed by atoms with Crippen LogP contribution in [0.25, 0.3) is 0 Å². The molecule has 2 aromatic carbocycles. The lowest BCUT2D eigenvalue weighted by atomic mass is 10.2. The third-order valence-corrected chi connectivity index (χ3v) is 6.83. The van der Waals surface area contributed by atoms with Gasteiger partial charge in [0.05, 0.1) is 18.8 Å². The first-order valence-corrected chi connectivity index (χ1v) is 15.3. The van der Waals surface area contributed by atoms with Crippen molar-refractivity contribution in [1.82, 2.24) is 0 Å². The molecule has 0 spiro atoms. The van der Waals surface area contributed by atoms with Crippen LogP contribution in [0.15, 0.2) is 48.5 Å². The minimum absolute atomic E-state index is 0.381. The lowest BCUT2D eigenvalue weighted by Gasteiger charge is -2.14. The Kier molecular flexibility index (Phi) is 10.6. The normalized spacial score (nSPS) is 11.2. The van der Waals surface area contributed by atoms with Gasteiger partial charge in [-0.25, -0.2) is 4.79 Å². The first-order chi connectivity index (χ1) is 14.9. The third kappa shape index (κ3) is 10.5. The SMILES string of the molecule is CCCCOc1ccc(OC(=O)c2ccc(OCCCCCC[Si](C)(C)C)cc2)cc1. The number of carbonyl (C=O) groups is 1. The number of hydrogen-bond acceptors (Lipinski definition) is 4. The number of rotatable bonds is 14. The van der Waals surface area contributed by atoms with Gasteiger partial charge in [-0.15, -0.1) is 0 Å².